The third kappa shape index (κ3) is 2.57. The molecule has 4 aromatic rings. The fraction of sp³-hybridized carbons (Fsp3) is 0.105. The van der Waals surface area contributed by atoms with Gasteiger partial charge in [0, 0.05) is 46.7 Å². The van der Waals surface area contributed by atoms with Crippen LogP contribution >= 0.6 is 0 Å². The molecule has 0 saturated carbocycles. The molecule has 0 bridgehead atoms. The summed E-state index contributed by atoms with van der Waals surface area (Å²) in [7, 11) is 1.63. The number of aromatic amines is 1. The van der Waals surface area contributed by atoms with Gasteiger partial charge in [0.2, 0.25) is 0 Å². The molecule has 2 aromatic heterocycles. The van der Waals surface area contributed by atoms with Crippen molar-refractivity contribution in [1.29, 1.82) is 0 Å². The van der Waals surface area contributed by atoms with Crippen LogP contribution in [0.25, 0.3) is 10.9 Å². The van der Waals surface area contributed by atoms with Gasteiger partial charge in [-0.2, -0.15) is 0 Å². The normalized spacial score (nSPS) is 12.4. The quantitative estimate of drug-likeness (QED) is 0.533. The van der Waals surface area contributed by atoms with Gasteiger partial charge in [-0.3, -0.25) is 0 Å². The van der Waals surface area contributed by atoms with E-state index in [0.717, 1.165) is 22.2 Å². The SMILES string of the molecule is COc1ccc2[nH]cc(C(c3ccc(O)cc3O)n3ccnc3)c2c1. The molecule has 0 radical (unpaired) electrons. The summed E-state index contributed by atoms with van der Waals surface area (Å²) in [5.74, 6) is 0.801. The predicted octanol–water partition coefficient (Wildman–Crippen LogP) is 3.42. The second-order valence-corrected chi connectivity index (χ2v) is 5.81. The maximum absolute atomic E-state index is 10.4. The van der Waals surface area contributed by atoms with Crippen LogP contribution in [0.3, 0.4) is 0 Å². The first-order chi connectivity index (χ1) is 12.2. The molecule has 6 heteroatoms. The van der Waals surface area contributed by atoms with E-state index in [9.17, 15) is 10.2 Å². The van der Waals surface area contributed by atoms with E-state index in [4.69, 9.17) is 4.74 Å². The number of methoxy groups -OCH3 is 1. The molecule has 0 spiro atoms. The van der Waals surface area contributed by atoms with Crippen molar-refractivity contribution in [3.8, 4) is 17.2 Å². The van der Waals surface area contributed by atoms with E-state index in [1.165, 1.54) is 6.07 Å². The molecular weight excluding hydrogens is 318 g/mol. The summed E-state index contributed by atoms with van der Waals surface area (Å²) in [4.78, 5) is 7.40. The summed E-state index contributed by atoms with van der Waals surface area (Å²) in [6, 6.07) is 10.1. The number of ether oxygens (including phenoxy) is 1. The molecule has 1 atom stereocenters. The summed E-state index contributed by atoms with van der Waals surface area (Å²) in [6.07, 6.45) is 7.16. The monoisotopic (exact) mass is 335 g/mol. The Labute approximate surface area is 144 Å². The van der Waals surface area contributed by atoms with Crippen LogP contribution in [0.15, 0.2) is 61.3 Å². The molecule has 2 aromatic carbocycles. The molecule has 0 fully saturated rings. The molecule has 1 unspecified atom stereocenters. The van der Waals surface area contributed by atoms with Crippen molar-refractivity contribution in [3.63, 3.8) is 0 Å². The van der Waals surface area contributed by atoms with Crippen molar-refractivity contribution >= 4 is 10.9 Å². The van der Waals surface area contributed by atoms with Crippen molar-refractivity contribution in [1.82, 2.24) is 14.5 Å². The topological polar surface area (TPSA) is 83.3 Å². The van der Waals surface area contributed by atoms with Gasteiger partial charge < -0.3 is 24.5 Å². The zero-order valence-corrected chi connectivity index (χ0v) is 13.5. The smallest absolute Gasteiger partial charge is 0.124 e. The third-order valence-corrected chi connectivity index (χ3v) is 4.35. The lowest BCUT2D eigenvalue weighted by molar-refractivity contribution is 0.415. The van der Waals surface area contributed by atoms with Crippen LogP contribution in [0.5, 0.6) is 17.2 Å². The van der Waals surface area contributed by atoms with Gasteiger partial charge in [0.15, 0.2) is 0 Å². The van der Waals surface area contributed by atoms with Gasteiger partial charge in [0.25, 0.3) is 0 Å². The number of hydrogen-bond acceptors (Lipinski definition) is 4. The van der Waals surface area contributed by atoms with Crippen molar-refractivity contribution in [2.75, 3.05) is 7.11 Å². The van der Waals surface area contributed by atoms with E-state index in [-0.39, 0.29) is 17.5 Å². The number of phenols is 2. The highest BCUT2D eigenvalue weighted by Crippen LogP contribution is 2.38. The Morgan fingerprint density at radius 3 is 2.72 bits per heavy atom. The number of nitrogens with one attached hydrogen (secondary N) is 1. The Balaban J connectivity index is 1.96. The lowest BCUT2D eigenvalue weighted by atomic mass is 9.97. The largest absolute Gasteiger partial charge is 0.508 e. The van der Waals surface area contributed by atoms with Gasteiger partial charge in [-0.1, -0.05) is 0 Å². The van der Waals surface area contributed by atoms with Gasteiger partial charge in [0.05, 0.1) is 19.5 Å². The van der Waals surface area contributed by atoms with Crippen LogP contribution in [-0.4, -0.2) is 31.9 Å². The highest BCUT2D eigenvalue weighted by atomic mass is 16.5. The number of H-pyrrole nitrogens is 1. The summed E-state index contributed by atoms with van der Waals surface area (Å²) in [5, 5.41) is 21.0. The van der Waals surface area contributed by atoms with E-state index in [2.05, 4.69) is 9.97 Å². The van der Waals surface area contributed by atoms with Crippen LogP contribution in [0.1, 0.15) is 17.2 Å². The van der Waals surface area contributed by atoms with Crippen LogP contribution in [0.2, 0.25) is 0 Å². The molecule has 0 aliphatic carbocycles. The van der Waals surface area contributed by atoms with Crippen LogP contribution < -0.4 is 4.74 Å². The number of aromatic hydroxyl groups is 2. The Bertz CT molecular complexity index is 1020. The minimum atomic E-state index is -0.302. The standard InChI is InChI=1S/C19H17N3O3/c1-25-13-3-5-17-15(9-13)16(10-21-17)19(22-7-6-20-11-22)14-4-2-12(23)8-18(14)24/h2-11,19,21,23-24H,1H3. The highest BCUT2D eigenvalue weighted by Gasteiger charge is 2.23. The average Bonchev–Trinajstić information content (AvgIpc) is 3.27. The van der Waals surface area contributed by atoms with E-state index >= 15 is 0 Å². The van der Waals surface area contributed by atoms with E-state index in [1.54, 1.807) is 31.8 Å². The van der Waals surface area contributed by atoms with Crippen LogP contribution in [-0.2, 0) is 0 Å². The van der Waals surface area contributed by atoms with E-state index in [0.29, 0.717) is 5.56 Å². The Morgan fingerprint density at radius 1 is 1.12 bits per heavy atom. The molecule has 4 rings (SSSR count). The van der Waals surface area contributed by atoms with Crippen molar-refractivity contribution in [3.05, 3.63) is 72.4 Å². The fourth-order valence-corrected chi connectivity index (χ4v) is 3.15. The first-order valence-corrected chi connectivity index (χ1v) is 7.81. The van der Waals surface area contributed by atoms with Gasteiger partial charge >= 0.3 is 0 Å². The minimum absolute atomic E-state index is 0.0197. The summed E-state index contributed by atoms with van der Waals surface area (Å²) in [5.41, 5.74) is 2.60. The second-order valence-electron chi connectivity index (χ2n) is 5.81. The van der Waals surface area contributed by atoms with Gasteiger partial charge in [-0.25, -0.2) is 4.98 Å². The summed E-state index contributed by atoms with van der Waals surface area (Å²) >= 11 is 0. The molecule has 0 saturated heterocycles. The van der Waals surface area contributed by atoms with Crippen molar-refractivity contribution in [2.24, 2.45) is 0 Å². The Kier molecular flexibility index (Phi) is 3.57. The van der Waals surface area contributed by atoms with Crippen LogP contribution in [0.4, 0.5) is 0 Å². The molecular formula is C19H17N3O3. The number of phenolic OH excluding ortho intramolecular Hbond substituents is 2. The predicted molar refractivity (Wildman–Crippen MR) is 94.1 cm³/mol. The molecule has 25 heavy (non-hydrogen) atoms. The molecule has 6 nitrogen and oxygen atoms in total. The third-order valence-electron chi connectivity index (χ3n) is 4.35. The molecule has 0 aliphatic rings. The lowest BCUT2D eigenvalue weighted by Gasteiger charge is -2.20. The number of benzene rings is 2. The van der Waals surface area contributed by atoms with E-state index in [1.807, 2.05) is 35.2 Å². The maximum atomic E-state index is 10.4. The number of imidazole rings is 1. The summed E-state index contributed by atoms with van der Waals surface area (Å²) < 4.78 is 7.26. The Morgan fingerprint density at radius 2 is 2.00 bits per heavy atom. The van der Waals surface area contributed by atoms with Gasteiger partial charge in [-0.05, 0) is 30.3 Å². The van der Waals surface area contributed by atoms with E-state index < -0.39 is 0 Å². The molecule has 2 heterocycles. The first-order valence-electron chi connectivity index (χ1n) is 7.81. The highest BCUT2D eigenvalue weighted by molar-refractivity contribution is 5.85. The fourth-order valence-electron chi connectivity index (χ4n) is 3.15. The zero-order valence-electron chi connectivity index (χ0n) is 13.5. The maximum Gasteiger partial charge on any atom is 0.124 e. The van der Waals surface area contributed by atoms with Crippen molar-refractivity contribution in [2.45, 2.75) is 6.04 Å². The molecule has 126 valence electrons. The number of fused-ring (bicyclic) bond motifs is 1. The van der Waals surface area contributed by atoms with Gasteiger partial charge in [0.1, 0.15) is 17.2 Å². The number of hydrogen-bond donors (Lipinski definition) is 3. The average molecular weight is 335 g/mol. The Hall–Kier alpha value is -3.41. The minimum Gasteiger partial charge on any atom is -0.508 e. The van der Waals surface area contributed by atoms with Crippen molar-refractivity contribution < 1.29 is 14.9 Å². The number of aromatic nitrogens is 3. The van der Waals surface area contributed by atoms with Gasteiger partial charge in [-0.15, -0.1) is 0 Å². The molecule has 3 N–H and O–H groups in total. The van der Waals surface area contributed by atoms with Crippen LogP contribution in [0, 0.1) is 0 Å². The number of rotatable bonds is 4. The lowest BCUT2D eigenvalue weighted by Crippen LogP contribution is -2.10. The zero-order chi connectivity index (χ0) is 17.4. The second kappa shape index (κ2) is 5.90. The molecule has 0 aliphatic heterocycles. The number of nitrogens with zero attached hydrogens (tertiary/aromatic N) is 2. The molecule has 0 amide bonds. The summed E-state index contributed by atoms with van der Waals surface area (Å²) in [6.45, 7) is 0. The first kappa shape index (κ1) is 15.1.